The number of hydrogen-bond donors (Lipinski definition) is 1. The van der Waals surface area contributed by atoms with Crippen LogP contribution in [-0.2, 0) is 11.2 Å². The Morgan fingerprint density at radius 3 is 2.95 bits per heavy atom. The highest BCUT2D eigenvalue weighted by molar-refractivity contribution is 7.99. The van der Waals surface area contributed by atoms with E-state index in [0.29, 0.717) is 18.0 Å². The van der Waals surface area contributed by atoms with Crippen LogP contribution in [0.5, 0.6) is 0 Å². The number of ether oxygens (including phenoxy) is 1. The largest absolute Gasteiger partial charge is 0.378 e. The summed E-state index contributed by atoms with van der Waals surface area (Å²) in [7, 11) is 0. The lowest BCUT2D eigenvalue weighted by molar-refractivity contribution is 0.0322. The summed E-state index contributed by atoms with van der Waals surface area (Å²) in [4.78, 5) is 4.53. The quantitative estimate of drug-likeness (QED) is 0.900. The number of hydrogen-bond acceptors (Lipinski definition) is 6. The average molecular weight is 297 g/mol. The topological polar surface area (TPSA) is 60.2 Å². The van der Waals surface area contributed by atoms with E-state index in [-0.39, 0.29) is 0 Å². The number of aromatic nitrogens is 2. The van der Waals surface area contributed by atoms with E-state index in [2.05, 4.69) is 15.5 Å². The molecule has 5 nitrogen and oxygen atoms in total. The van der Waals surface area contributed by atoms with Crippen molar-refractivity contribution in [1.82, 2.24) is 15.5 Å². The average Bonchev–Trinajstić information content (AvgIpc) is 2.98. The minimum absolute atomic E-state index is 0.396. The van der Waals surface area contributed by atoms with Crippen LogP contribution in [0.25, 0.3) is 0 Å². The molecule has 1 N–H and O–H groups in total. The Hall–Kier alpha value is -0.590. The number of thioether (sulfide) groups is 1. The Morgan fingerprint density at radius 2 is 2.15 bits per heavy atom. The summed E-state index contributed by atoms with van der Waals surface area (Å²) in [5.41, 5.74) is 0. The van der Waals surface area contributed by atoms with E-state index in [9.17, 15) is 0 Å². The number of rotatable bonds is 5. The molecule has 0 aromatic carbocycles. The zero-order valence-corrected chi connectivity index (χ0v) is 12.7. The maximum Gasteiger partial charge on any atom is 0.229 e. The molecule has 2 saturated heterocycles. The van der Waals surface area contributed by atoms with Crippen LogP contribution < -0.4 is 5.32 Å². The van der Waals surface area contributed by atoms with Gasteiger partial charge < -0.3 is 14.6 Å². The summed E-state index contributed by atoms with van der Waals surface area (Å²) in [6.07, 6.45) is 7.11. The van der Waals surface area contributed by atoms with Crippen molar-refractivity contribution in [2.24, 2.45) is 0 Å². The highest BCUT2D eigenvalue weighted by Crippen LogP contribution is 2.36. The Morgan fingerprint density at radius 1 is 1.25 bits per heavy atom. The molecule has 0 radical (unpaired) electrons. The van der Waals surface area contributed by atoms with Gasteiger partial charge in [0.2, 0.25) is 5.89 Å². The van der Waals surface area contributed by atoms with Crippen LogP contribution in [0, 0.1) is 0 Å². The first kappa shape index (κ1) is 14.4. The SMILES string of the molecule is C1CCC(c2noc(CCOC3CCNCC3)n2)SC1. The highest BCUT2D eigenvalue weighted by Gasteiger charge is 2.21. The Labute approximate surface area is 124 Å². The lowest BCUT2D eigenvalue weighted by Crippen LogP contribution is -2.32. The summed E-state index contributed by atoms with van der Waals surface area (Å²) in [6.45, 7) is 2.81. The number of nitrogens with one attached hydrogen (secondary N) is 1. The zero-order valence-electron chi connectivity index (χ0n) is 11.8. The molecule has 3 heterocycles. The van der Waals surface area contributed by atoms with Crippen molar-refractivity contribution in [3.63, 3.8) is 0 Å². The predicted octanol–water partition coefficient (Wildman–Crippen LogP) is 2.34. The minimum Gasteiger partial charge on any atom is -0.378 e. The molecule has 2 aliphatic heterocycles. The summed E-state index contributed by atoms with van der Waals surface area (Å²) in [5.74, 6) is 2.82. The van der Waals surface area contributed by atoms with Gasteiger partial charge in [-0.1, -0.05) is 11.6 Å². The van der Waals surface area contributed by atoms with Gasteiger partial charge in [0.1, 0.15) is 0 Å². The standard InChI is InChI=1S/C14H23N3O2S/c1-2-10-20-12(3-1)14-16-13(19-17-14)6-9-18-11-4-7-15-8-5-11/h11-12,15H,1-10H2. The Kier molecular flexibility index (Phi) is 5.33. The lowest BCUT2D eigenvalue weighted by Gasteiger charge is -2.22. The van der Waals surface area contributed by atoms with E-state index >= 15 is 0 Å². The molecule has 1 unspecified atom stereocenters. The fourth-order valence-corrected chi connectivity index (χ4v) is 3.95. The molecule has 112 valence electrons. The van der Waals surface area contributed by atoms with Crippen LogP contribution in [0.15, 0.2) is 4.52 Å². The van der Waals surface area contributed by atoms with Gasteiger partial charge in [0.15, 0.2) is 5.82 Å². The lowest BCUT2D eigenvalue weighted by atomic mass is 10.1. The molecule has 3 rings (SSSR count). The van der Waals surface area contributed by atoms with Crippen LogP contribution in [-0.4, -0.2) is 41.7 Å². The molecule has 1 aromatic rings. The zero-order chi connectivity index (χ0) is 13.6. The summed E-state index contributed by atoms with van der Waals surface area (Å²) in [5, 5.41) is 7.91. The van der Waals surface area contributed by atoms with Crippen LogP contribution >= 0.6 is 11.8 Å². The number of nitrogens with zero attached hydrogens (tertiary/aromatic N) is 2. The maximum absolute atomic E-state index is 5.87. The van der Waals surface area contributed by atoms with Crippen molar-refractivity contribution in [1.29, 1.82) is 0 Å². The fraction of sp³-hybridized carbons (Fsp3) is 0.857. The fourth-order valence-electron chi connectivity index (χ4n) is 2.72. The van der Waals surface area contributed by atoms with E-state index in [1.165, 1.54) is 25.0 Å². The highest BCUT2D eigenvalue weighted by atomic mass is 32.2. The van der Waals surface area contributed by atoms with Gasteiger partial charge in [-0.15, -0.1) is 0 Å². The van der Waals surface area contributed by atoms with Gasteiger partial charge >= 0.3 is 0 Å². The second-order valence-electron chi connectivity index (χ2n) is 5.47. The summed E-state index contributed by atoms with van der Waals surface area (Å²) < 4.78 is 11.2. The van der Waals surface area contributed by atoms with E-state index in [0.717, 1.165) is 44.1 Å². The molecule has 6 heteroatoms. The first-order chi connectivity index (χ1) is 9.92. The number of piperidine rings is 1. The minimum atomic E-state index is 0.396. The molecule has 2 fully saturated rings. The van der Waals surface area contributed by atoms with Gasteiger partial charge in [-0.2, -0.15) is 16.7 Å². The van der Waals surface area contributed by atoms with Gasteiger partial charge in [0.05, 0.1) is 24.4 Å². The molecule has 0 amide bonds. The first-order valence-electron chi connectivity index (χ1n) is 7.68. The van der Waals surface area contributed by atoms with Crippen LogP contribution in [0.2, 0.25) is 0 Å². The molecule has 0 aliphatic carbocycles. The van der Waals surface area contributed by atoms with Gasteiger partial charge in [-0.05, 0) is 44.5 Å². The smallest absolute Gasteiger partial charge is 0.229 e. The van der Waals surface area contributed by atoms with E-state index in [1.54, 1.807) is 0 Å². The van der Waals surface area contributed by atoms with Crippen molar-refractivity contribution in [3.8, 4) is 0 Å². The van der Waals surface area contributed by atoms with Crippen LogP contribution in [0.3, 0.4) is 0 Å². The van der Waals surface area contributed by atoms with E-state index < -0.39 is 0 Å². The van der Waals surface area contributed by atoms with Gasteiger partial charge in [-0.25, -0.2) is 0 Å². The molecule has 0 bridgehead atoms. The third-order valence-electron chi connectivity index (χ3n) is 3.91. The second-order valence-corrected chi connectivity index (χ2v) is 6.78. The van der Waals surface area contributed by atoms with Crippen molar-refractivity contribution in [2.45, 2.75) is 49.9 Å². The molecular weight excluding hydrogens is 274 g/mol. The monoisotopic (exact) mass is 297 g/mol. The molecule has 0 saturated carbocycles. The Balaban J connectivity index is 1.42. The van der Waals surface area contributed by atoms with Crippen LogP contribution in [0.4, 0.5) is 0 Å². The Bertz CT molecular complexity index is 401. The van der Waals surface area contributed by atoms with Crippen molar-refractivity contribution in [3.05, 3.63) is 11.7 Å². The van der Waals surface area contributed by atoms with Crippen molar-refractivity contribution >= 4 is 11.8 Å². The summed E-state index contributed by atoms with van der Waals surface area (Å²) >= 11 is 1.95. The predicted molar refractivity (Wildman–Crippen MR) is 78.9 cm³/mol. The normalized spacial score (nSPS) is 24.9. The molecule has 1 atom stereocenters. The van der Waals surface area contributed by atoms with Crippen molar-refractivity contribution in [2.75, 3.05) is 25.4 Å². The van der Waals surface area contributed by atoms with Gasteiger partial charge in [0, 0.05) is 0 Å². The first-order valence-corrected chi connectivity index (χ1v) is 8.73. The van der Waals surface area contributed by atoms with E-state index in [4.69, 9.17) is 9.26 Å². The van der Waals surface area contributed by atoms with Gasteiger partial charge in [0.25, 0.3) is 0 Å². The van der Waals surface area contributed by atoms with Crippen molar-refractivity contribution < 1.29 is 9.26 Å². The molecular formula is C14H23N3O2S. The van der Waals surface area contributed by atoms with E-state index in [1.807, 2.05) is 11.8 Å². The molecule has 2 aliphatic rings. The third-order valence-corrected chi connectivity index (χ3v) is 5.28. The van der Waals surface area contributed by atoms with Crippen LogP contribution in [0.1, 0.15) is 49.1 Å². The molecule has 1 aromatic heterocycles. The summed E-state index contributed by atoms with van der Waals surface area (Å²) in [6, 6.07) is 0. The molecule has 20 heavy (non-hydrogen) atoms. The maximum atomic E-state index is 5.87. The second kappa shape index (κ2) is 7.43. The molecule has 0 spiro atoms. The third kappa shape index (κ3) is 3.96. The van der Waals surface area contributed by atoms with Gasteiger partial charge in [-0.3, -0.25) is 0 Å².